The third-order valence-corrected chi connectivity index (χ3v) is 5.65. The molecule has 27 heavy (non-hydrogen) atoms. The Morgan fingerprint density at radius 2 is 1.96 bits per heavy atom. The average molecular weight is 384 g/mol. The molecule has 1 spiro atoms. The summed E-state index contributed by atoms with van der Waals surface area (Å²) in [5, 5.41) is 4.49. The lowest BCUT2D eigenvalue weighted by Gasteiger charge is -2.22. The van der Waals surface area contributed by atoms with Crippen molar-refractivity contribution in [3.8, 4) is 0 Å². The second kappa shape index (κ2) is 6.51. The summed E-state index contributed by atoms with van der Waals surface area (Å²) in [6, 6.07) is 10.2. The number of hydrazine groups is 1. The molecule has 1 aliphatic heterocycles. The molecule has 1 aromatic carbocycles. The molecule has 5 amide bonds. The van der Waals surface area contributed by atoms with E-state index in [1.807, 2.05) is 24.3 Å². The van der Waals surface area contributed by atoms with Gasteiger partial charge in [0.05, 0.1) is 4.88 Å². The van der Waals surface area contributed by atoms with Crippen molar-refractivity contribution in [1.82, 2.24) is 21.1 Å². The molecular formula is C18H16N4O4S. The molecule has 0 saturated carbocycles. The van der Waals surface area contributed by atoms with Crippen LogP contribution in [0.1, 0.15) is 27.2 Å². The summed E-state index contributed by atoms with van der Waals surface area (Å²) in [5.74, 6) is -1.57. The summed E-state index contributed by atoms with van der Waals surface area (Å²) in [4.78, 5) is 50.6. The van der Waals surface area contributed by atoms with Crippen LogP contribution in [0.25, 0.3) is 0 Å². The summed E-state index contributed by atoms with van der Waals surface area (Å²) < 4.78 is 0. The van der Waals surface area contributed by atoms with Crippen LogP contribution in [0.15, 0.2) is 41.8 Å². The number of hydrogen-bond donors (Lipinski definition) is 3. The number of nitrogens with one attached hydrogen (secondary N) is 3. The smallest absolute Gasteiger partial charge is 0.319 e. The van der Waals surface area contributed by atoms with Crippen LogP contribution in [-0.2, 0) is 21.5 Å². The number of benzene rings is 1. The van der Waals surface area contributed by atoms with Crippen molar-refractivity contribution < 1.29 is 19.2 Å². The highest BCUT2D eigenvalue weighted by Crippen LogP contribution is 2.41. The zero-order valence-electron chi connectivity index (χ0n) is 14.2. The third kappa shape index (κ3) is 2.85. The van der Waals surface area contributed by atoms with E-state index in [1.54, 1.807) is 17.5 Å². The minimum absolute atomic E-state index is 0.437. The highest BCUT2D eigenvalue weighted by atomic mass is 32.1. The van der Waals surface area contributed by atoms with Gasteiger partial charge in [-0.25, -0.2) is 4.79 Å². The zero-order valence-corrected chi connectivity index (χ0v) is 15.0. The van der Waals surface area contributed by atoms with Gasteiger partial charge in [-0.15, -0.1) is 11.3 Å². The molecule has 1 unspecified atom stereocenters. The SMILES string of the molecule is O=C(CN1C(=O)NC2(CCc3ccccc32)C1=O)NNC(=O)c1cccs1. The summed E-state index contributed by atoms with van der Waals surface area (Å²) >= 11 is 1.23. The lowest BCUT2D eigenvalue weighted by atomic mass is 9.92. The molecule has 8 nitrogen and oxygen atoms in total. The largest absolute Gasteiger partial charge is 0.325 e. The fourth-order valence-corrected chi connectivity index (χ4v) is 4.13. The number of nitrogens with zero attached hydrogens (tertiary/aromatic N) is 1. The fourth-order valence-electron chi connectivity index (χ4n) is 3.51. The number of amides is 5. The van der Waals surface area contributed by atoms with Gasteiger partial charge < -0.3 is 5.32 Å². The van der Waals surface area contributed by atoms with Gasteiger partial charge in [0.1, 0.15) is 12.1 Å². The van der Waals surface area contributed by atoms with Crippen LogP contribution in [-0.4, -0.2) is 35.2 Å². The first-order chi connectivity index (χ1) is 13.0. The number of hydrogen-bond acceptors (Lipinski definition) is 5. The Morgan fingerprint density at radius 1 is 1.15 bits per heavy atom. The van der Waals surface area contributed by atoms with Crippen LogP contribution in [0.5, 0.6) is 0 Å². The molecular weight excluding hydrogens is 368 g/mol. The maximum atomic E-state index is 12.9. The van der Waals surface area contributed by atoms with Crippen LogP contribution >= 0.6 is 11.3 Å². The molecule has 0 bridgehead atoms. The number of rotatable bonds is 3. The van der Waals surface area contributed by atoms with Gasteiger partial charge in [-0.05, 0) is 35.4 Å². The molecule has 3 N–H and O–H groups in total. The fraction of sp³-hybridized carbons (Fsp3) is 0.222. The molecule has 2 aliphatic rings. The molecule has 9 heteroatoms. The molecule has 0 radical (unpaired) electrons. The molecule has 1 saturated heterocycles. The van der Waals surface area contributed by atoms with E-state index >= 15 is 0 Å². The van der Waals surface area contributed by atoms with E-state index in [4.69, 9.17) is 0 Å². The van der Waals surface area contributed by atoms with E-state index in [1.165, 1.54) is 11.3 Å². The van der Waals surface area contributed by atoms with Gasteiger partial charge in [0, 0.05) is 0 Å². The van der Waals surface area contributed by atoms with E-state index in [-0.39, 0.29) is 0 Å². The van der Waals surface area contributed by atoms with Gasteiger partial charge in [0.2, 0.25) is 0 Å². The number of imide groups is 1. The predicted molar refractivity (Wildman–Crippen MR) is 96.6 cm³/mol. The quantitative estimate of drug-likeness (QED) is 0.540. The number of thiophene rings is 1. The van der Waals surface area contributed by atoms with Crippen LogP contribution in [0, 0.1) is 0 Å². The highest BCUT2D eigenvalue weighted by molar-refractivity contribution is 7.12. The topological polar surface area (TPSA) is 108 Å². The van der Waals surface area contributed by atoms with Gasteiger partial charge in [-0.3, -0.25) is 30.1 Å². The predicted octanol–water partition coefficient (Wildman–Crippen LogP) is 0.903. The summed E-state index contributed by atoms with van der Waals surface area (Å²) in [6.07, 6.45) is 1.14. The van der Waals surface area contributed by atoms with Crippen molar-refractivity contribution in [2.45, 2.75) is 18.4 Å². The van der Waals surface area contributed by atoms with Gasteiger partial charge in [-0.1, -0.05) is 30.3 Å². The van der Waals surface area contributed by atoms with Crippen molar-refractivity contribution >= 4 is 35.1 Å². The van der Waals surface area contributed by atoms with Crippen molar-refractivity contribution in [2.75, 3.05) is 6.54 Å². The van der Waals surface area contributed by atoms with Gasteiger partial charge in [0.25, 0.3) is 17.7 Å². The molecule has 138 valence electrons. The Balaban J connectivity index is 1.43. The Kier molecular flexibility index (Phi) is 4.15. The summed E-state index contributed by atoms with van der Waals surface area (Å²) in [7, 11) is 0. The second-order valence-corrected chi connectivity index (χ2v) is 7.31. The van der Waals surface area contributed by atoms with Crippen LogP contribution < -0.4 is 16.2 Å². The summed E-state index contributed by atoms with van der Waals surface area (Å²) in [6.45, 7) is -0.473. The van der Waals surface area contributed by atoms with Gasteiger partial charge in [0.15, 0.2) is 0 Å². The zero-order chi connectivity index (χ0) is 19.0. The first-order valence-electron chi connectivity index (χ1n) is 8.36. The first-order valence-corrected chi connectivity index (χ1v) is 9.24. The van der Waals surface area contributed by atoms with E-state index in [9.17, 15) is 19.2 Å². The first kappa shape index (κ1) is 17.2. The molecule has 4 rings (SSSR count). The number of carbonyl (C=O) groups is 4. The number of carbonyl (C=O) groups excluding carboxylic acids is 4. The highest BCUT2D eigenvalue weighted by Gasteiger charge is 2.55. The molecule has 1 aliphatic carbocycles. The summed E-state index contributed by atoms with van der Waals surface area (Å²) in [5.41, 5.74) is 5.19. The van der Waals surface area contributed by atoms with Crippen molar-refractivity contribution in [2.24, 2.45) is 0 Å². The van der Waals surface area contributed by atoms with Crippen LogP contribution in [0.2, 0.25) is 0 Å². The standard InChI is InChI=1S/C18H16N4O4S/c23-14(20-21-15(24)13-6-3-9-27-13)10-22-16(25)18(19-17(22)26)8-7-11-4-1-2-5-12(11)18/h1-6,9H,7-8,10H2,(H,19,26)(H,20,23)(H,21,24). The normalized spacial score (nSPS) is 20.5. The molecule has 1 atom stereocenters. The van der Waals surface area contributed by atoms with E-state index in [0.717, 1.165) is 16.0 Å². The van der Waals surface area contributed by atoms with Crippen LogP contribution in [0.3, 0.4) is 0 Å². The van der Waals surface area contributed by atoms with Crippen molar-refractivity contribution in [3.05, 3.63) is 57.8 Å². The Bertz CT molecular complexity index is 943. The minimum atomic E-state index is -1.10. The van der Waals surface area contributed by atoms with E-state index in [0.29, 0.717) is 17.7 Å². The minimum Gasteiger partial charge on any atom is -0.319 e. The maximum Gasteiger partial charge on any atom is 0.325 e. The Labute approximate surface area is 158 Å². The Morgan fingerprint density at radius 3 is 2.74 bits per heavy atom. The number of urea groups is 1. The molecule has 2 heterocycles. The average Bonchev–Trinajstić information content (AvgIpc) is 3.37. The monoisotopic (exact) mass is 384 g/mol. The van der Waals surface area contributed by atoms with Gasteiger partial charge >= 0.3 is 6.03 Å². The lowest BCUT2D eigenvalue weighted by Crippen LogP contribution is -2.48. The van der Waals surface area contributed by atoms with Crippen molar-refractivity contribution in [1.29, 1.82) is 0 Å². The van der Waals surface area contributed by atoms with Crippen molar-refractivity contribution in [3.63, 3.8) is 0 Å². The van der Waals surface area contributed by atoms with E-state index < -0.39 is 35.8 Å². The number of fused-ring (bicyclic) bond motifs is 2. The number of aryl methyl sites for hydroxylation is 1. The molecule has 1 fully saturated rings. The molecule has 2 aromatic rings. The third-order valence-electron chi connectivity index (χ3n) is 4.78. The van der Waals surface area contributed by atoms with Crippen LogP contribution in [0.4, 0.5) is 4.79 Å². The van der Waals surface area contributed by atoms with Gasteiger partial charge in [-0.2, -0.15) is 0 Å². The Hall–Kier alpha value is -3.20. The van der Waals surface area contributed by atoms with E-state index in [2.05, 4.69) is 16.2 Å². The lowest BCUT2D eigenvalue weighted by molar-refractivity contribution is -0.135. The second-order valence-electron chi connectivity index (χ2n) is 6.36. The molecule has 1 aromatic heterocycles. The maximum absolute atomic E-state index is 12.9.